The molecule has 2 aliphatic rings. The zero-order valence-electron chi connectivity index (χ0n) is 16.8. The van der Waals surface area contributed by atoms with Crippen molar-refractivity contribution >= 4 is 11.9 Å². The van der Waals surface area contributed by atoms with Gasteiger partial charge in [-0.3, -0.25) is 9.59 Å². The van der Waals surface area contributed by atoms with E-state index in [1.165, 1.54) is 0 Å². The first-order valence-corrected chi connectivity index (χ1v) is 9.81. The number of hydrogen-bond donors (Lipinski definition) is 0. The topological polar surface area (TPSA) is 52.6 Å². The van der Waals surface area contributed by atoms with Gasteiger partial charge in [-0.15, -0.1) is 0 Å². The first kappa shape index (κ1) is 18.7. The van der Waals surface area contributed by atoms with Gasteiger partial charge < -0.3 is 9.47 Å². The van der Waals surface area contributed by atoms with Crippen LogP contribution in [0.2, 0.25) is 0 Å². The van der Waals surface area contributed by atoms with E-state index in [1.54, 1.807) is 0 Å². The minimum Gasteiger partial charge on any atom is -0.459 e. The fourth-order valence-electron chi connectivity index (χ4n) is 4.81. The number of benzene rings is 2. The molecule has 1 fully saturated rings. The van der Waals surface area contributed by atoms with Gasteiger partial charge in [0, 0.05) is 5.92 Å². The third-order valence-electron chi connectivity index (χ3n) is 5.89. The number of fused-ring (bicyclic) bond motifs is 3. The molecular weight excluding hydrogens is 352 g/mol. The zero-order chi connectivity index (χ0) is 20.1. The SMILES string of the molecule is C[C@@H]1C(=O)O[C@H]2c3ccccc3C[C@@]2(C(=O)OC(C)(C)C)[C@@H]1c1ccccc1. The highest BCUT2D eigenvalue weighted by molar-refractivity contribution is 5.87. The van der Waals surface area contributed by atoms with Crippen LogP contribution in [0.1, 0.15) is 56.4 Å². The molecule has 1 heterocycles. The first-order valence-electron chi connectivity index (χ1n) is 9.81. The van der Waals surface area contributed by atoms with Crippen molar-refractivity contribution in [3.05, 3.63) is 71.3 Å². The van der Waals surface area contributed by atoms with Gasteiger partial charge >= 0.3 is 11.9 Å². The normalized spacial score (nSPS) is 28.9. The summed E-state index contributed by atoms with van der Waals surface area (Å²) in [6.45, 7) is 7.46. The van der Waals surface area contributed by atoms with E-state index in [1.807, 2.05) is 82.3 Å². The molecule has 146 valence electrons. The van der Waals surface area contributed by atoms with E-state index in [0.29, 0.717) is 6.42 Å². The van der Waals surface area contributed by atoms with Crippen molar-refractivity contribution in [2.45, 2.75) is 51.7 Å². The van der Waals surface area contributed by atoms with Crippen molar-refractivity contribution in [3.8, 4) is 0 Å². The zero-order valence-corrected chi connectivity index (χ0v) is 16.8. The van der Waals surface area contributed by atoms with E-state index in [-0.39, 0.29) is 17.9 Å². The predicted molar refractivity (Wildman–Crippen MR) is 106 cm³/mol. The van der Waals surface area contributed by atoms with E-state index in [4.69, 9.17) is 9.47 Å². The summed E-state index contributed by atoms with van der Waals surface area (Å²) in [6, 6.07) is 17.7. The van der Waals surface area contributed by atoms with Crippen LogP contribution in [0.15, 0.2) is 54.6 Å². The maximum absolute atomic E-state index is 13.7. The quantitative estimate of drug-likeness (QED) is 0.718. The van der Waals surface area contributed by atoms with Crippen LogP contribution >= 0.6 is 0 Å². The fraction of sp³-hybridized carbons (Fsp3) is 0.417. The summed E-state index contributed by atoms with van der Waals surface area (Å²) >= 11 is 0. The lowest BCUT2D eigenvalue weighted by atomic mass is 9.62. The summed E-state index contributed by atoms with van der Waals surface area (Å²) in [7, 11) is 0. The minimum absolute atomic E-state index is 0.269. The van der Waals surface area contributed by atoms with Crippen LogP contribution in [0.4, 0.5) is 0 Å². The molecule has 4 atom stereocenters. The van der Waals surface area contributed by atoms with E-state index >= 15 is 0 Å². The van der Waals surface area contributed by atoms with Crippen molar-refractivity contribution in [1.29, 1.82) is 0 Å². The van der Waals surface area contributed by atoms with E-state index < -0.39 is 23.0 Å². The van der Waals surface area contributed by atoms with Crippen LogP contribution in [-0.4, -0.2) is 17.5 Å². The third-order valence-corrected chi connectivity index (χ3v) is 5.89. The average Bonchev–Trinajstić information content (AvgIpc) is 2.97. The average molecular weight is 378 g/mol. The Morgan fingerprint density at radius 1 is 1.07 bits per heavy atom. The molecule has 0 aromatic heterocycles. The van der Waals surface area contributed by atoms with Gasteiger partial charge in [-0.05, 0) is 43.9 Å². The molecule has 2 aromatic rings. The van der Waals surface area contributed by atoms with Crippen LogP contribution in [0.3, 0.4) is 0 Å². The van der Waals surface area contributed by atoms with Crippen molar-refractivity contribution < 1.29 is 19.1 Å². The second kappa shape index (κ2) is 6.47. The number of hydrogen-bond acceptors (Lipinski definition) is 4. The highest BCUT2D eigenvalue weighted by Crippen LogP contribution is 2.61. The monoisotopic (exact) mass is 378 g/mol. The number of rotatable bonds is 2. The van der Waals surface area contributed by atoms with Gasteiger partial charge in [0.15, 0.2) is 0 Å². The Labute approximate surface area is 165 Å². The van der Waals surface area contributed by atoms with E-state index in [2.05, 4.69) is 0 Å². The van der Waals surface area contributed by atoms with Crippen molar-refractivity contribution in [2.24, 2.45) is 11.3 Å². The Kier molecular flexibility index (Phi) is 4.33. The van der Waals surface area contributed by atoms with Gasteiger partial charge in [-0.2, -0.15) is 0 Å². The van der Waals surface area contributed by atoms with Gasteiger partial charge in [0.1, 0.15) is 17.1 Å². The predicted octanol–water partition coefficient (Wildman–Crippen LogP) is 4.59. The molecule has 4 nitrogen and oxygen atoms in total. The Balaban J connectivity index is 1.93. The summed E-state index contributed by atoms with van der Waals surface area (Å²) in [4.78, 5) is 26.5. The van der Waals surface area contributed by atoms with Gasteiger partial charge in [0.2, 0.25) is 0 Å². The number of ether oxygens (including phenoxy) is 2. The molecule has 4 rings (SSSR count). The molecule has 2 aromatic carbocycles. The molecule has 0 saturated carbocycles. The number of carbonyl (C=O) groups excluding carboxylic acids is 2. The Morgan fingerprint density at radius 3 is 2.39 bits per heavy atom. The molecule has 0 spiro atoms. The molecule has 1 aliphatic heterocycles. The van der Waals surface area contributed by atoms with E-state index in [9.17, 15) is 9.59 Å². The Morgan fingerprint density at radius 2 is 1.71 bits per heavy atom. The molecule has 28 heavy (non-hydrogen) atoms. The molecule has 1 aliphatic carbocycles. The summed E-state index contributed by atoms with van der Waals surface area (Å²) < 4.78 is 11.8. The Hall–Kier alpha value is -2.62. The number of esters is 2. The summed E-state index contributed by atoms with van der Waals surface area (Å²) in [5, 5.41) is 0. The summed E-state index contributed by atoms with van der Waals surface area (Å²) in [5.41, 5.74) is 1.33. The standard InChI is InChI=1S/C24H26O4/c1-15-19(16-10-6-5-7-11-16)24(22(26)28-23(2,3)4)14-17-12-8-9-13-18(17)20(24)27-21(15)25/h5-13,15,19-20H,14H2,1-4H3/t15-,19-,20-,24+/m0/s1. The maximum atomic E-state index is 13.7. The van der Waals surface area contributed by atoms with Gasteiger partial charge in [0.05, 0.1) is 5.92 Å². The van der Waals surface area contributed by atoms with Gasteiger partial charge in [-0.1, -0.05) is 61.5 Å². The highest BCUT2D eigenvalue weighted by atomic mass is 16.6. The largest absolute Gasteiger partial charge is 0.459 e. The van der Waals surface area contributed by atoms with Crippen molar-refractivity contribution in [2.75, 3.05) is 0 Å². The molecule has 1 saturated heterocycles. The smallest absolute Gasteiger partial charge is 0.317 e. The lowest BCUT2D eigenvalue weighted by Crippen LogP contribution is -2.52. The molecule has 0 unspecified atom stereocenters. The van der Waals surface area contributed by atoms with Crippen LogP contribution in [-0.2, 0) is 25.5 Å². The second-order valence-electron chi connectivity index (χ2n) is 8.91. The molecule has 0 bridgehead atoms. The van der Waals surface area contributed by atoms with Crippen LogP contribution in [0.5, 0.6) is 0 Å². The molecular formula is C24H26O4. The maximum Gasteiger partial charge on any atom is 0.317 e. The van der Waals surface area contributed by atoms with Crippen LogP contribution in [0, 0.1) is 11.3 Å². The minimum atomic E-state index is -0.967. The fourth-order valence-corrected chi connectivity index (χ4v) is 4.81. The highest BCUT2D eigenvalue weighted by Gasteiger charge is 2.65. The lowest BCUT2D eigenvalue weighted by Gasteiger charge is -2.47. The van der Waals surface area contributed by atoms with Gasteiger partial charge in [-0.25, -0.2) is 0 Å². The summed E-state index contributed by atoms with van der Waals surface area (Å²) in [5.74, 6) is -1.33. The number of carbonyl (C=O) groups is 2. The van der Waals surface area contributed by atoms with Crippen molar-refractivity contribution in [3.63, 3.8) is 0 Å². The summed E-state index contributed by atoms with van der Waals surface area (Å²) in [6.07, 6.45) is -0.132. The lowest BCUT2D eigenvalue weighted by molar-refractivity contribution is -0.198. The molecule has 4 heteroatoms. The molecule has 0 amide bonds. The molecule has 0 radical (unpaired) electrons. The second-order valence-corrected chi connectivity index (χ2v) is 8.91. The molecule has 0 N–H and O–H groups in total. The Bertz CT molecular complexity index is 912. The van der Waals surface area contributed by atoms with Crippen LogP contribution in [0.25, 0.3) is 0 Å². The van der Waals surface area contributed by atoms with Gasteiger partial charge in [0.25, 0.3) is 0 Å². The van der Waals surface area contributed by atoms with E-state index in [0.717, 1.165) is 16.7 Å². The van der Waals surface area contributed by atoms with Crippen LogP contribution < -0.4 is 0 Å². The third kappa shape index (κ3) is 2.83. The first-order chi connectivity index (χ1) is 13.2. The van der Waals surface area contributed by atoms with Crippen molar-refractivity contribution in [1.82, 2.24) is 0 Å².